The van der Waals surface area contributed by atoms with Crippen molar-refractivity contribution < 1.29 is 28.6 Å². The van der Waals surface area contributed by atoms with E-state index in [0.29, 0.717) is 19.3 Å². The zero-order valence-corrected chi connectivity index (χ0v) is 48.1. The van der Waals surface area contributed by atoms with E-state index in [-0.39, 0.29) is 31.1 Å². The summed E-state index contributed by atoms with van der Waals surface area (Å²) in [6, 6.07) is 0. The first kappa shape index (κ1) is 69.6. The lowest BCUT2D eigenvalue weighted by Crippen LogP contribution is -2.30. The largest absolute Gasteiger partial charge is 0.462 e. The lowest BCUT2D eigenvalue weighted by molar-refractivity contribution is -0.167. The number of esters is 3. The van der Waals surface area contributed by atoms with Gasteiger partial charge in [-0.25, -0.2) is 0 Å². The summed E-state index contributed by atoms with van der Waals surface area (Å²) >= 11 is 0. The van der Waals surface area contributed by atoms with Gasteiger partial charge >= 0.3 is 17.9 Å². The third kappa shape index (κ3) is 59.3. The van der Waals surface area contributed by atoms with Crippen molar-refractivity contribution in [3.8, 4) is 0 Å². The van der Waals surface area contributed by atoms with E-state index < -0.39 is 6.10 Å². The van der Waals surface area contributed by atoms with Crippen molar-refractivity contribution in [1.29, 1.82) is 0 Å². The van der Waals surface area contributed by atoms with Gasteiger partial charge in [0.15, 0.2) is 6.10 Å². The average Bonchev–Trinajstić information content (AvgIpc) is 3.39. The Hall–Kier alpha value is -3.41. The van der Waals surface area contributed by atoms with Crippen molar-refractivity contribution in [2.75, 3.05) is 13.2 Å². The van der Waals surface area contributed by atoms with Crippen LogP contribution in [0.25, 0.3) is 0 Å². The van der Waals surface area contributed by atoms with Gasteiger partial charge in [-0.1, -0.05) is 279 Å². The highest BCUT2D eigenvalue weighted by molar-refractivity contribution is 5.71. The molecule has 420 valence electrons. The summed E-state index contributed by atoms with van der Waals surface area (Å²) in [7, 11) is 0. The third-order valence-electron chi connectivity index (χ3n) is 13.4. The lowest BCUT2D eigenvalue weighted by atomic mass is 10.0. The number of carbonyl (C=O) groups excluding carboxylic acids is 3. The standard InChI is InChI=1S/C67H116O6/c1-4-7-10-13-16-19-22-25-28-30-31-32-33-34-35-37-39-42-45-48-51-54-57-60-66(69)72-63-64(62-71-65(68)59-56-53-50-47-44-41-38-27-24-21-18-15-12-9-6-3)73-67(70)61-58-55-52-49-46-43-40-36-29-26-23-20-17-14-11-8-5-2/h8-9,11-12,17-18,20-21,26-27,29,38,44,47,64H,4-7,10,13-16,19,22-25,28,30-37,39-43,45-46,48-63H2,1-3H3/b11-8-,12-9-,20-17-,21-18-,29-26-,38-27-,47-44-. The van der Waals surface area contributed by atoms with Gasteiger partial charge in [-0.15, -0.1) is 0 Å². The lowest BCUT2D eigenvalue weighted by Gasteiger charge is -2.18. The van der Waals surface area contributed by atoms with Gasteiger partial charge in [-0.05, 0) is 89.9 Å². The molecular formula is C67H116O6. The van der Waals surface area contributed by atoms with Crippen molar-refractivity contribution >= 4 is 17.9 Å². The first-order valence-electron chi connectivity index (χ1n) is 31.1. The molecular weight excluding hydrogens is 901 g/mol. The minimum Gasteiger partial charge on any atom is -0.462 e. The highest BCUT2D eigenvalue weighted by Gasteiger charge is 2.19. The molecule has 0 saturated heterocycles. The van der Waals surface area contributed by atoms with E-state index in [2.05, 4.69) is 106 Å². The van der Waals surface area contributed by atoms with Crippen LogP contribution >= 0.6 is 0 Å². The quantitative estimate of drug-likeness (QED) is 0.0261. The predicted octanol–water partition coefficient (Wildman–Crippen LogP) is 21.1. The van der Waals surface area contributed by atoms with Crippen molar-refractivity contribution in [2.45, 2.75) is 309 Å². The smallest absolute Gasteiger partial charge is 0.306 e. The minimum absolute atomic E-state index is 0.0917. The van der Waals surface area contributed by atoms with Crippen LogP contribution in [0.5, 0.6) is 0 Å². The Morgan fingerprint density at radius 1 is 0.288 bits per heavy atom. The number of ether oxygens (including phenoxy) is 3. The molecule has 0 rings (SSSR count). The third-order valence-corrected chi connectivity index (χ3v) is 13.4. The van der Waals surface area contributed by atoms with Gasteiger partial charge < -0.3 is 14.2 Å². The molecule has 0 radical (unpaired) electrons. The van der Waals surface area contributed by atoms with Crippen molar-refractivity contribution in [3.05, 3.63) is 85.1 Å². The van der Waals surface area contributed by atoms with Gasteiger partial charge in [-0.3, -0.25) is 14.4 Å². The SMILES string of the molecule is CC/C=C\C/C=C\C/C=C\C/C=C\CCCCC(=O)OCC(COC(=O)CCCCCCCCCCCCCCCCCCCCCCCCC)OC(=O)CCCCCCCCC/C=C\C/C=C\C/C=C\CC. The number of hydrogen-bond acceptors (Lipinski definition) is 6. The molecule has 0 aliphatic rings. The van der Waals surface area contributed by atoms with Gasteiger partial charge in [-0.2, -0.15) is 0 Å². The number of rotatable bonds is 56. The number of carbonyl (C=O) groups is 3. The monoisotopic (exact) mass is 1020 g/mol. The van der Waals surface area contributed by atoms with E-state index in [1.807, 2.05) is 0 Å². The Balaban J connectivity index is 4.36. The second-order valence-electron chi connectivity index (χ2n) is 20.6. The van der Waals surface area contributed by atoms with Crippen LogP contribution in [-0.2, 0) is 28.6 Å². The van der Waals surface area contributed by atoms with E-state index in [0.717, 1.165) is 109 Å². The van der Waals surface area contributed by atoms with Gasteiger partial charge in [0, 0.05) is 19.3 Å². The molecule has 0 aliphatic carbocycles. The molecule has 0 N–H and O–H groups in total. The zero-order valence-electron chi connectivity index (χ0n) is 48.1. The molecule has 0 aromatic rings. The van der Waals surface area contributed by atoms with Gasteiger partial charge in [0.25, 0.3) is 0 Å². The Kier molecular flexibility index (Phi) is 58.3. The van der Waals surface area contributed by atoms with Gasteiger partial charge in [0.2, 0.25) is 0 Å². The molecule has 0 fully saturated rings. The molecule has 6 heteroatoms. The molecule has 0 spiro atoms. The number of hydrogen-bond donors (Lipinski definition) is 0. The maximum Gasteiger partial charge on any atom is 0.306 e. The Morgan fingerprint density at radius 3 is 0.863 bits per heavy atom. The van der Waals surface area contributed by atoms with E-state index >= 15 is 0 Å². The molecule has 0 aliphatic heterocycles. The number of allylic oxidation sites excluding steroid dienone is 14. The molecule has 0 amide bonds. The number of unbranched alkanes of at least 4 members (excludes halogenated alkanes) is 31. The van der Waals surface area contributed by atoms with E-state index in [9.17, 15) is 14.4 Å². The van der Waals surface area contributed by atoms with Crippen LogP contribution in [0, 0.1) is 0 Å². The van der Waals surface area contributed by atoms with Crippen molar-refractivity contribution in [3.63, 3.8) is 0 Å². The summed E-state index contributed by atoms with van der Waals surface area (Å²) in [5.74, 6) is -0.934. The fraction of sp³-hybridized carbons (Fsp3) is 0.746. The summed E-state index contributed by atoms with van der Waals surface area (Å²) in [4.78, 5) is 38.3. The highest BCUT2D eigenvalue weighted by Crippen LogP contribution is 2.17. The predicted molar refractivity (Wildman–Crippen MR) is 316 cm³/mol. The minimum atomic E-state index is -0.799. The first-order valence-corrected chi connectivity index (χ1v) is 31.1. The van der Waals surface area contributed by atoms with Crippen LogP contribution in [0.2, 0.25) is 0 Å². The Morgan fingerprint density at radius 2 is 0.534 bits per heavy atom. The maximum absolute atomic E-state index is 12.9. The average molecular weight is 1020 g/mol. The molecule has 1 atom stereocenters. The van der Waals surface area contributed by atoms with Crippen LogP contribution in [0.1, 0.15) is 303 Å². The molecule has 0 heterocycles. The molecule has 1 unspecified atom stereocenters. The second kappa shape index (κ2) is 61.1. The topological polar surface area (TPSA) is 78.9 Å². The van der Waals surface area contributed by atoms with Crippen molar-refractivity contribution in [1.82, 2.24) is 0 Å². The van der Waals surface area contributed by atoms with E-state index in [1.54, 1.807) is 0 Å². The summed E-state index contributed by atoms with van der Waals surface area (Å²) in [5, 5.41) is 0. The van der Waals surface area contributed by atoms with Crippen LogP contribution in [0.15, 0.2) is 85.1 Å². The Labute approximate surface area is 452 Å². The Bertz CT molecular complexity index is 1400. The molecule has 0 aromatic heterocycles. The molecule has 0 saturated carbocycles. The second-order valence-corrected chi connectivity index (χ2v) is 20.6. The molecule has 0 aromatic carbocycles. The van der Waals surface area contributed by atoms with Crippen LogP contribution < -0.4 is 0 Å². The van der Waals surface area contributed by atoms with E-state index in [4.69, 9.17) is 14.2 Å². The van der Waals surface area contributed by atoms with Gasteiger partial charge in [0.05, 0.1) is 0 Å². The molecule has 6 nitrogen and oxygen atoms in total. The summed E-state index contributed by atoms with van der Waals surface area (Å²) < 4.78 is 16.9. The summed E-state index contributed by atoms with van der Waals surface area (Å²) in [6.07, 6.45) is 80.2. The highest BCUT2D eigenvalue weighted by atomic mass is 16.6. The summed E-state index contributed by atoms with van der Waals surface area (Å²) in [6.45, 7) is 6.41. The first-order chi connectivity index (χ1) is 36.0. The van der Waals surface area contributed by atoms with Crippen molar-refractivity contribution in [2.24, 2.45) is 0 Å². The summed E-state index contributed by atoms with van der Waals surface area (Å²) in [5.41, 5.74) is 0. The normalized spacial score (nSPS) is 12.6. The van der Waals surface area contributed by atoms with Crippen LogP contribution in [0.4, 0.5) is 0 Å². The molecule has 73 heavy (non-hydrogen) atoms. The maximum atomic E-state index is 12.9. The van der Waals surface area contributed by atoms with E-state index in [1.165, 1.54) is 154 Å². The van der Waals surface area contributed by atoms with Crippen LogP contribution in [0.3, 0.4) is 0 Å². The fourth-order valence-electron chi connectivity index (χ4n) is 8.80. The van der Waals surface area contributed by atoms with Gasteiger partial charge in [0.1, 0.15) is 13.2 Å². The zero-order chi connectivity index (χ0) is 52.9. The molecule has 0 bridgehead atoms. The fourth-order valence-corrected chi connectivity index (χ4v) is 8.80. The van der Waals surface area contributed by atoms with Crippen LogP contribution in [-0.4, -0.2) is 37.2 Å².